The lowest BCUT2D eigenvalue weighted by Gasteiger charge is -2.13. The van der Waals surface area contributed by atoms with Crippen LogP contribution in [0, 0.1) is 27.7 Å². The number of fused-ring (bicyclic) bond motifs is 2. The molecule has 0 saturated heterocycles. The molecule has 0 bridgehead atoms. The number of nitrogens with one attached hydrogen (secondary N) is 1. The van der Waals surface area contributed by atoms with E-state index in [1.165, 1.54) is 6.20 Å². The molecule has 0 aliphatic rings. The summed E-state index contributed by atoms with van der Waals surface area (Å²) in [6.07, 6.45) is 3.13. The Morgan fingerprint density at radius 2 is 1.24 bits per heavy atom. The summed E-state index contributed by atoms with van der Waals surface area (Å²) in [4.78, 5) is 58.6. The first-order valence-corrected chi connectivity index (χ1v) is 16.2. The van der Waals surface area contributed by atoms with Crippen LogP contribution in [0.2, 0.25) is 0 Å². The number of nitrogens with zero attached hydrogens (tertiary/aromatic N) is 2. The number of benzene rings is 4. The van der Waals surface area contributed by atoms with E-state index in [0.717, 1.165) is 39.0 Å². The van der Waals surface area contributed by atoms with E-state index < -0.39 is 0 Å². The van der Waals surface area contributed by atoms with Crippen LogP contribution >= 0.6 is 0 Å². The van der Waals surface area contributed by atoms with Crippen LogP contribution < -0.4 is 16.6 Å². The van der Waals surface area contributed by atoms with Crippen molar-refractivity contribution >= 4 is 39.2 Å². The van der Waals surface area contributed by atoms with E-state index in [9.17, 15) is 19.2 Å². The van der Waals surface area contributed by atoms with E-state index in [1.807, 2.05) is 92.9 Å². The molecule has 248 valence electrons. The number of nitrogens with two attached hydrogens (primary N) is 1. The number of rotatable bonds is 6. The summed E-state index contributed by atoms with van der Waals surface area (Å²) in [5.41, 5.74) is 13.2. The van der Waals surface area contributed by atoms with Gasteiger partial charge in [-0.1, -0.05) is 54.6 Å². The molecule has 0 spiro atoms. The second kappa shape index (κ2) is 14.0. The number of pyridine rings is 3. The van der Waals surface area contributed by atoms with Crippen molar-refractivity contribution in [3.8, 4) is 0 Å². The average Bonchev–Trinajstić information content (AvgIpc) is 3.12. The number of ketones is 2. The lowest BCUT2D eigenvalue weighted by atomic mass is 9.99. The minimum Gasteiger partial charge on any atom is -0.384 e. The molecule has 8 heteroatoms. The third kappa shape index (κ3) is 6.77. The van der Waals surface area contributed by atoms with Gasteiger partial charge in [-0.25, -0.2) is 4.98 Å². The summed E-state index contributed by atoms with van der Waals surface area (Å²) in [5, 5.41) is 1.04. The van der Waals surface area contributed by atoms with Crippen molar-refractivity contribution in [2.24, 2.45) is 0 Å². The number of anilines is 1. The number of hydrogen-bond acceptors (Lipinski definition) is 6. The fourth-order valence-electron chi connectivity index (χ4n) is 5.81. The van der Waals surface area contributed by atoms with Crippen molar-refractivity contribution in [2.45, 2.75) is 34.2 Å². The first kappa shape index (κ1) is 33.5. The van der Waals surface area contributed by atoms with Crippen molar-refractivity contribution in [1.82, 2.24) is 14.5 Å². The standard InChI is InChI=1S/C24H21N3O2.C18H15NO2/c1-15-10-11-17(12-16(15)2)23(28)20-14-27(13-18-6-5-9-22(25)26-18)21-8-4-3-7-19(21)24(20)29;1-11-7-8-13(9-12(11)2)17(20)15-10-19-16-6-4-3-5-14(16)18(15)21/h3-12,14H,13H2,1-2H3,(H2,25,26);3-10H,1-2H3,(H,19,21). The Labute approximate surface area is 288 Å². The van der Waals surface area contributed by atoms with Crippen molar-refractivity contribution in [1.29, 1.82) is 0 Å². The SMILES string of the molecule is Cc1ccc(C(=O)c2c[nH]c3ccccc3c2=O)cc1C.Cc1ccc(C(=O)c2cn(Cc3cccc(N)n3)c3ccccc3c2=O)cc1C. The largest absolute Gasteiger partial charge is 0.384 e. The van der Waals surface area contributed by atoms with Crippen LogP contribution in [0.25, 0.3) is 21.8 Å². The van der Waals surface area contributed by atoms with E-state index in [4.69, 9.17) is 5.73 Å². The Kier molecular flexibility index (Phi) is 9.36. The molecule has 0 atom stereocenters. The molecule has 0 amide bonds. The highest BCUT2D eigenvalue weighted by Crippen LogP contribution is 2.18. The third-order valence-corrected chi connectivity index (χ3v) is 8.96. The molecule has 0 unspecified atom stereocenters. The summed E-state index contributed by atoms with van der Waals surface area (Å²) < 4.78 is 1.88. The molecule has 0 radical (unpaired) electrons. The van der Waals surface area contributed by atoms with Gasteiger partial charge in [-0.05, 0) is 98.5 Å². The van der Waals surface area contributed by atoms with Gasteiger partial charge in [0.05, 0.1) is 28.9 Å². The maximum atomic E-state index is 13.2. The van der Waals surface area contributed by atoms with E-state index in [0.29, 0.717) is 34.3 Å². The molecule has 7 rings (SSSR count). The van der Waals surface area contributed by atoms with E-state index >= 15 is 0 Å². The fourth-order valence-corrected chi connectivity index (χ4v) is 5.81. The Balaban J connectivity index is 0.000000182. The van der Waals surface area contributed by atoms with Crippen molar-refractivity contribution < 1.29 is 9.59 Å². The van der Waals surface area contributed by atoms with Gasteiger partial charge in [0.1, 0.15) is 5.82 Å². The minimum atomic E-state index is -0.280. The van der Waals surface area contributed by atoms with Crippen molar-refractivity contribution in [3.05, 3.63) is 186 Å². The minimum absolute atomic E-state index is 0.149. The molecule has 3 heterocycles. The maximum Gasteiger partial charge on any atom is 0.200 e. The molecule has 0 aliphatic heterocycles. The van der Waals surface area contributed by atoms with Crippen LogP contribution in [0.1, 0.15) is 59.8 Å². The number of carbonyl (C=O) groups excluding carboxylic acids is 2. The summed E-state index contributed by atoms with van der Waals surface area (Å²) in [6, 6.07) is 30.9. The van der Waals surface area contributed by atoms with Crippen LogP contribution in [0.15, 0.2) is 125 Å². The number of aromatic amines is 1. The zero-order valence-electron chi connectivity index (χ0n) is 28.3. The molecule has 7 aromatic rings. The van der Waals surface area contributed by atoms with Gasteiger partial charge in [-0.3, -0.25) is 19.2 Å². The fraction of sp³-hybridized carbons (Fsp3) is 0.119. The Morgan fingerprint density at radius 1 is 0.660 bits per heavy atom. The van der Waals surface area contributed by atoms with E-state index in [2.05, 4.69) is 9.97 Å². The van der Waals surface area contributed by atoms with Crippen molar-refractivity contribution in [2.75, 3.05) is 5.73 Å². The summed E-state index contributed by atoms with van der Waals surface area (Å²) in [7, 11) is 0. The second-order valence-corrected chi connectivity index (χ2v) is 12.4. The Morgan fingerprint density at radius 3 is 1.88 bits per heavy atom. The van der Waals surface area contributed by atoms with Gasteiger partial charge >= 0.3 is 0 Å². The maximum absolute atomic E-state index is 13.2. The van der Waals surface area contributed by atoms with E-state index in [1.54, 1.807) is 48.7 Å². The van der Waals surface area contributed by atoms with Crippen LogP contribution in [-0.4, -0.2) is 26.1 Å². The van der Waals surface area contributed by atoms with Gasteiger partial charge in [0.25, 0.3) is 0 Å². The zero-order chi connectivity index (χ0) is 35.5. The highest BCUT2D eigenvalue weighted by Gasteiger charge is 2.18. The number of para-hydroxylation sites is 2. The normalized spacial score (nSPS) is 10.9. The highest BCUT2D eigenvalue weighted by atomic mass is 16.1. The molecule has 0 fully saturated rings. The van der Waals surface area contributed by atoms with Gasteiger partial charge in [-0.2, -0.15) is 0 Å². The average molecular weight is 661 g/mol. The number of H-pyrrole nitrogens is 1. The number of nitrogen functional groups attached to an aromatic ring is 1. The lowest BCUT2D eigenvalue weighted by Crippen LogP contribution is -2.20. The van der Waals surface area contributed by atoms with Crippen molar-refractivity contribution in [3.63, 3.8) is 0 Å². The molecular weight excluding hydrogens is 624 g/mol. The number of carbonyl (C=O) groups is 2. The molecule has 0 aliphatic carbocycles. The van der Waals surface area contributed by atoms with Gasteiger partial charge in [0.2, 0.25) is 10.9 Å². The first-order chi connectivity index (χ1) is 24.0. The zero-order valence-corrected chi connectivity index (χ0v) is 28.3. The molecule has 8 nitrogen and oxygen atoms in total. The Hall–Kier alpha value is -6.41. The van der Waals surface area contributed by atoms with Gasteiger partial charge in [-0.15, -0.1) is 0 Å². The van der Waals surface area contributed by atoms with Crippen LogP contribution in [0.5, 0.6) is 0 Å². The molecule has 3 aromatic heterocycles. The third-order valence-electron chi connectivity index (χ3n) is 8.96. The monoisotopic (exact) mass is 660 g/mol. The molecule has 3 N–H and O–H groups in total. The topological polar surface area (TPSA) is 128 Å². The van der Waals surface area contributed by atoms with Gasteiger partial charge < -0.3 is 15.3 Å². The van der Waals surface area contributed by atoms with Gasteiger partial charge in [0.15, 0.2) is 11.6 Å². The number of aryl methyl sites for hydroxylation is 4. The quantitative estimate of drug-likeness (QED) is 0.181. The van der Waals surface area contributed by atoms with Crippen LogP contribution in [0.4, 0.5) is 5.82 Å². The summed E-state index contributed by atoms with van der Waals surface area (Å²) in [5.74, 6) is -0.0949. The van der Waals surface area contributed by atoms with E-state index in [-0.39, 0.29) is 33.6 Å². The van der Waals surface area contributed by atoms with Gasteiger partial charge in [0, 0.05) is 39.8 Å². The molecule has 0 saturated carbocycles. The summed E-state index contributed by atoms with van der Waals surface area (Å²) >= 11 is 0. The molecule has 4 aromatic carbocycles. The number of hydrogen-bond donors (Lipinski definition) is 2. The van der Waals surface area contributed by atoms with Crippen LogP contribution in [0.3, 0.4) is 0 Å². The predicted molar refractivity (Wildman–Crippen MR) is 199 cm³/mol. The lowest BCUT2D eigenvalue weighted by molar-refractivity contribution is 0.102. The highest BCUT2D eigenvalue weighted by molar-refractivity contribution is 6.11. The Bertz CT molecular complexity index is 2560. The predicted octanol–water partition coefficient (Wildman–Crippen LogP) is 7.25. The smallest absolute Gasteiger partial charge is 0.200 e. The molecule has 50 heavy (non-hydrogen) atoms. The summed E-state index contributed by atoms with van der Waals surface area (Å²) in [6.45, 7) is 8.30. The van der Waals surface area contributed by atoms with Crippen LogP contribution in [-0.2, 0) is 6.54 Å². The second-order valence-electron chi connectivity index (χ2n) is 12.4. The number of aromatic nitrogens is 3. The first-order valence-electron chi connectivity index (χ1n) is 16.2. The molecular formula is C42H36N4O4.